The van der Waals surface area contributed by atoms with Crippen LogP contribution in [-0.2, 0) is 19.9 Å². The number of rotatable bonds is 5. The van der Waals surface area contributed by atoms with Crippen molar-refractivity contribution in [2.45, 2.75) is 17.0 Å². The molecular weight excluding hydrogens is 318 g/mol. The van der Waals surface area contributed by atoms with Crippen LogP contribution in [-0.4, -0.2) is 68.2 Å². The van der Waals surface area contributed by atoms with Gasteiger partial charge in [0.15, 0.2) is 9.84 Å². The van der Waals surface area contributed by atoms with Gasteiger partial charge in [-0.15, -0.1) is 0 Å². The second kappa shape index (κ2) is 6.01. The fraction of sp³-hybridized carbons (Fsp3) is 0.500. The van der Waals surface area contributed by atoms with E-state index in [4.69, 9.17) is 5.11 Å². The Balaban J connectivity index is 2.40. The molecule has 118 valence electrons. The molecule has 7 nitrogen and oxygen atoms in total. The number of sulfonamides is 1. The van der Waals surface area contributed by atoms with E-state index in [0.29, 0.717) is 0 Å². The first-order valence-corrected chi connectivity index (χ1v) is 9.60. The Morgan fingerprint density at radius 2 is 1.81 bits per heavy atom. The molecule has 9 heteroatoms. The van der Waals surface area contributed by atoms with Crippen molar-refractivity contribution < 1.29 is 27.0 Å². The van der Waals surface area contributed by atoms with Crippen LogP contribution in [0.2, 0.25) is 0 Å². The third-order valence-electron chi connectivity index (χ3n) is 3.33. The molecule has 2 atom stereocenters. The van der Waals surface area contributed by atoms with E-state index in [9.17, 15) is 21.9 Å². The van der Waals surface area contributed by atoms with Crippen molar-refractivity contribution in [2.24, 2.45) is 0 Å². The third kappa shape index (κ3) is 3.43. The molecule has 21 heavy (non-hydrogen) atoms. The predicted octanol–water partition coefficient (Wildman–Crippen LogP) is -1.17. The molecule has 0 unspecified atom stereocenters. The van der Waals surface area contributed by atoms with Gasteiger partial charge in [-0.2, -0.15) is 4.31 Å². The van der Waals surface area contributed by atoms with Gasteiger partial charge in [0.1, 0.15) is 0 Å². The molecule has 0 bridgehead atoms. The van der Waals surface area contributed by atoms with Gasteiger partial charge in [0, 0.05) is 6.54 Å². The first-order valence-electron chi connectivity index (χ1n) is 6.34. The lowest BCUT2D eigenvalue weighted by Gasteiger charge is -2.28. The fourth-order valence-electron chi connectivity index (χ4n) is 2.38. The van der Waals surface area contributed by atoms with Crippen LogP contribution in [0.15, 0.2) is 35.2 Å². The molecule has 1 aromatic rings. The van der Waals surface area contributed by atoms with E-state index in [0.717, 1.165) is 4.31 Å². The molecule has 2 N–H and O–H groups in total. The number of hydrogen-bond donors (Lipinski definition) is 2. The summed E-state index contributed by atoms with van der Waals surface area (Å²) in [5.41, 5.74) is 0. The number of nitrogens with zero attached hydrogens (tertiary/aromatic N) is 1. The minimum Gasteiger partial charge on any atom is -0.395 e. The van der Waals surface area contributed by atoms with Gasteiger partial charge >= 0.3 is 0 Å². The van der Waals surface area contributed by atoms with Crippen LogP contribution in [0.4, 0.5) is 0 Å². The lowest BCUT2D eigenvalue weighted by molar-refractivity contribution is 0.117. The first kappa shape index (κ1) is 16.4. The Kier molecular flexibility index (Phi) is 4.69. The lowest BCUT2D eigenvalue weighted by Crippen LogP contribution is -2.47. The van der Waals surface area contributed by atoms with Crippen LogP contribution >= 0.6 is 0 Å². The molecule has 1 saturated heterocycles. The molecule has 1 aliphatic heterocycles. The zero-order valence-electron chi connectivity index (χ0n) is 11.2. The zero-order valence-corrected chi connectivity index (χ0v) is 12.8. The number of aliphatic hydroxyl groups is 2. The highest BCUT2D eigenvalue weighted by Gasteiger charge is 2.44. The van der Waals surface area contributed by atoms with Gasteiger partial charge in [0.25, 0.3) is 0 Å². The number of hydrogen-bond acceptors (Lipinski definition) is 6. The Morgan fingerprint density at radius 3 is 2.29 bits per heavy atom. The summed E-state index contributed by atoms with van der Waals surface area (Å²) in [5, 5.41) is 19.0. The van der Waals surface area contributed by atoms with Crippen molar-refractivity contribution in [2.75, 3.05) is 24.7 Å². The molecule has 0 aliphatic carbocycles. The lowest BCUT2D eigenvalue weighted by atomic mass is 10.2. The largest absolute Gasteiger partial charge is 0.395 e. The van der Waals surface area contributed by atoms with Crippen LogP contribution in [0.3, 0.4) is 0 Å². The van der Waals surface area contributed by atoms with Crippen LogP contribution in [0.5, 0.6) is 0 Å². The maximum absolute atomic E-state index is 12.6. The van der Waals surface area contributed by atoms with Gasteiger partial charge in [0.2, 0.25) is 10.0 Å². The summed E-state index contributed by atoms with van der Waals surface area (Å²) in [5.74, 6) is -0.913. The third-order valence-corrected chi connectivity index (χ3v) is 6.97. The molecule has 1 aliphatic rings. The van der Waals surface area contributed by atoms with E-state index in [1.165, 1.54) is 12.1 Å². The highest BCUT2D eigenvalue weighted by atomic mass is 32.2. The van der Waals surface area contributed by atoms with Crippen molar-refractivity contribution in [3.05, 3.63) is 30.3 Å². The van der Waals surface area contributed by atoms with Gasteiger partial charge in [-0.3, -0.25) is 0 Å². The molecule has 1 heterocycles. The summed E-state index contributed by atoms with van der Waals surface area (Å²) in [4.78, 5) is -0.00468. The van der Waals surface area contributed by atoms with Gasteiger partial charge in [-0.1, -0.05) is 18.2 Å². The zero-order chi connectivity index (χ0) is 15.7. The Morgan fingerprint density at radius 1 is 1.19 bits per heavy atom. The van der Waals surface area contributed by atoms with Crippen molar-refractivity contribution in [1.82, 2.24) is 4.31 Å². The predicted molar refractivity (Wildman–Crippen MR) is 75.9 cm³/mol. The number of benzene rings is 1. The van der Waals surface area contributed by atoms with E-state index in [-0.39, 0.29) is 11.4 Å². The summed E-state index contributed by atoms with van der Waals surface area (Å²) >= 11 is 0. The summed E-state index contributed by atoms with van der Waals surface area (Å²) < 4.78 is 49.2. The monoisotopic (exact) mass is 335 g/mol. The van der Waals surface area contributed by atoms with Crippen LogP contribution < -0.4 is 0 Å². The number of aliphatic hydroxyl groups excluding tert-OH is 2. The topological polar surface area (TPSA) is 112 Å². The highest BCUT2D eigenvalue weighted by molar-refractivity contribution is 7.92. The standard InChI is InChI=1S/C12H17NO6S2/c14-7-6-13(11-8-20(16,17)9-12(11)15)21(18,19)10-4-2-1-3-5-10/h1-5,11-12,14-15H,6-9H2/t11-,12+/m1/s1. The number of sulfone groups is 1. The molecule has 1 aromatic carbocycles. The van der Waals surface area contributed by atoms with Crippen molar-refractivity contribution in [1.29, 1.82) is 0 Å². The average Bonchev–Trinajstić information content (AvgIpc) is 2.70. The smallest absolute Gasteiger partial charge is 0.243 e. The van der Waals surface area contributed by atoms with E-state index in [2.05, 4.69) is 0 Å². The molecule has 0 radical (unpaired) electrons. The van der Waals surface area contributed by atoms with Crippen LogP contribution in [0.25, 0.3) is 0 Å². The average molecular weight is 335 g/mol. The SMILES string of the molecule is O=S1(=O)C[C@@H](N(CCO)S(=O)(=O)c2ccccc2)[C@@H](O)C1. The molecule has 1 fully saturated rings. The summed E-state index contributed by atoms with van der Waals surface area (Å²) in [7, 11) is -7.47. The Hall–Kier alpha value is -1.00. The van der Waals surface area contributed by atoms with Gasteiger partial charge in [-0.05, 0) is 12.1 Å². The Bertz CT molecular complexity index is 686. The van der Waals surface area contributed by atoms with Gasteiger partial charge < -0.3 is 10.2 Å². The van der Waals surface area contributed by atoms with Gasteiger partial charge in [0.05, 0.1) is 35.2 Å². The second-order valence-electron chi connectivity index (χ2n) is 4.86. The minimum atomic E-state index is -3.98. The van der Waals surface area contributed by atoms with Crippen LogP contribution in [0.1, 0.15) is 0 Å². The normalized spacial score (nSPS) is 25.3. The summed E-state index contributed by atoms with van der Waals surface area (Å²) in [6.07, 6.45) is -1.29. The van der Waals surface area contributed by atoms with Crippen molar-refractivity contribution >= 4 is 19.9 Å². The summed E-state index contributed by atoms with van der Waals surface area (Å²) in [6.45, 7) is -0.732. The molecule has 2 rings (SSSR count). The van der Waals surface area contributed by atoms with Crippen molar-refractivity contribution in [3.63, 3.8) is 0 Å². The van der Waals surface area contributed by atoms with Gasteiger partial charge in [-0.25, -0.2) is 16.8 Å². The minimum absolute atomic E-state index is 0.00468. The van der Waals surface area contributed by atoms with E-state index < -0.39 is 50.1 Å². The molecule has 0 amide bonds. The maximum Gasteiger partial charge on any atom is 0.243 e. The fourth-order valence-corrected chi connectivity index (χ4v) is 5.94. The van der Waals surface area contributed by atoms with E-state index >= 15 is 0 Å². The highest BCUT2D eigenvalue weighted by Crippen LogP contribution is 2.25. The molecular formula is C12H17NO6S2. The Labute approximate surface area is 123 Å². The maximum atomic E-state index is 12.6. The quantitative estimate of drug-likeness (QED) is 0.701. The van der Waals surface area contributed by atoms with E-state index in [1.54, 1.807) is 18.2 Å². The first-order chi connectivity index (χ1) is 9.78. The molecule has 0 saturated carbocycles. The van der Waals surface area contributed by atoms with E-state index in [1.807, 2.05) is 0 Å². The molecule has 0 spiro atoms. The van der Waals surface area contributed by atoms with Crippen molar-refractivity contribution in [3.8, 4) is 0 Å². The molecule has 0 aromatic heterocycles. The summed E-state index contributed by atoms with van der Waals surface area (Å²) in [6, 6.07) is 6.44. The van der Waals surface area contributed by atoms with Crippen LogP contribution in [0, 0.1) is 0 Å². The second-order valence-corrected chi connectivity index (χ2v) is 8.91.